The molecule has 6 nitrogen and oxygen atoms in total. The summed E-state index contributed by atoms with van der Waals surface area (Å²) in [5.74, 6) is -0.467. The number of imidazole rings is 1. The van der Waals surface area contributed by atoms with Crippen LogP contribution in [-0.2, 0) is 6.54 Å². The molecule has 2 N–H and O–H groups in total. The number of carboxylic acid groups (broad SMARTS) is 1. The molecule has 0 aliphatic heterocycles. The first kappa shape index (κ1) is 13.4. The summed E-state index contributed by atoms with van der Waals surface area (Å²) < 4.78 is 7.24. The molecule has 2 unspecified atom stereocenters. The monoisotopic (exact) mass is 263 g/mol. The molecule has 102 valence electrons. The van der Waals surface area contributed by atoms with Crippen molar-refractivity contribution in [1.82, 2.24) is 14.9 Å². The van der Waals surface area contributed by atoms with Crippen LogP contribution in [0.25, 0.3) is 0 Å². The van der Waals surface area contributed by atoms with Crippen LogP contribution in [-0.4, -0.2) is 26.7 Å². The van der Waals surface area contributed by atoms with Crippen LogP contribution in [0.5, 0.6) is 0 Å². The van der Waals surface area contributed by atoms with Crippen LogP contribution < -0.4 is 5.32 Å². The highest BCUT2D eigenvalue weighted by Crippen LogP contribution is 2.17. The number of carbonyl (C=O) groups is 1. The van der Waals surface area contributed by atoms with Crippen molar-refractivity contribution in [3.05, 3.63) is 42.4 Å². The van der Waals surface area contributed by atoms with E-state index in [0.717, 1.165) is 6.54 Å². The van der Waals surface area contributed by atoms with Crippen LogP contribution >= 0.6 is 0 Å². The number of hydrogen-bond acceptors (Lipinski definition) is 4. The van der Waals surface area contributed by atoms with E-state index in [4.69, 9.17) is 9.52 Å². The molecule has 2 aromatic rings. The van der Waals surface area contributed by atoms with E-state index in [1.54, 1.807) is 18.6 Å². The van der Waals surface area contributed by atoms with Crippen molar-refractivity contribution in [3.8, 4) is 0 Å². The lowest BCUT2D eigenvalue weighted by Gasteiger charge is -2.18. The standard InChI is InChI=1S/C13H17N3O3/c1-9(7-16-6-5-14-8-16)15-10(2)11-3-4-12(19-11)13(17)18/h3-6,8-10,15H,7H2,1-2H3,(H,17,18). The molecule has 0 amide bonds. The van der Waals surface area contributed by atoms with Crippen molar-refractivity contribution < 1.29 is 14.3 Å². The van der Waals surface area contributed by atoms with Crippen LogP contribution in [0.4, 0.5) is 0 Å². The Labute approximate surface area is 111 Å². The summed E-state index contributed by atoms with van der Waals surface area (Å²) in [6, 6.07) is 3.32. The van der Waals surface area contributed by atoms with E-state index in [1.165, 1.54) is 6.07 Å². The highest BCUT2D eigenvalue weighted by molar-refractivity contribution is 5.84. The SMILES string of the molecule is CC(Cn1ccnc1)NC(C)c1ccc(C(=O)O)o1. The molecule has 2 aromatic heterocycles. The number of nitrogens with zero attached hydrogens (tertiary/aromatic N) is 2. The summed E-state index contributed by atoms with van der Waals surface area (Å²) in [6.45, 7) is 4.78. The molecule has 2 rings (SSSR count). The molecule has 0 spiro atoms. The Morgan fingerprint density at radius 2 is 2.32 bits per heavy atom. The van der Waals surface area contributed by atoms with Gasteiger partial charge >= 0.3 is 5.97 Å². The fraction of sp³-hybridized carbons (Fsp3) is 0.385. The van der Waals surface area contributed by atoms with Gasteiger partial charge in [0.05, 0.1) is 12.4 Å². The Morgan fingerprint density at radius 1 is 1.53 bits per heavy atom. The highest BCUT2D eigenvalue weighted by Gasteiger charge is 2.15. The molecule has 0 saturated heterocycles. The Balaban J connectivity index is 1.92. The van der Waals surface area contributed by atoms with Crippen LogP contribution in [0.1, 0.15) is 36.2 Å². The minimum Gasteiger partial charge on any atom is -0.475 e. The van der Waals surface area contributed by atoms with E-state index in [0.29, 0.717) is 5.76 Å². The average Bonchev–Trinajstić information content (AvgIpc) is 2.98. The minimum absolute atomic E-state index is 0.0362. The van der Waals surface area contributed by atoms with Crippen molar-refractivity contribution in [1.29, 1.82) is 0 Å². The number of nitrogens with one attached hydrogen (secondary N) is 1. The van der Waals surface area contributed by atoms with Gasteiger partial charge in [0.15, 0.2) is 0 Å². The van der Waals surface area contributed by atoms with Gasteiger partial charge in [-0.25, -0.2) is 9.78 Å². The maximum atomic E-state index is 10.7. The topological polar surface area (TPSA) is 80.3 Å². The molecule has 0 aliphatic carbocycles. The second kappa shape index (κ2) is 5.71. The normalized spacial score (nSPS) is 14.2. The molecule has 0 radical (unpaired) electrons. The summed E-state index contributed by atoms with van der Waals surface area (Å²) in [4.78, 5) is 14.7. The first-order valence-corrected chi connectivity index (χ1v) is 6.11. The van der Waals surface area contributed by atoms with E-state index in [1.807, 2.05) is 17.7 Å². The van der Waals surface area contributed by atoms with E-state index < -0.39 is 5.97 Å². The summed E-state index contributed by atoms with van der Waals surface area (Å²) in [7, 11) is 0. The quantitative estimate of drug-likeness (QED) is 0.832. The summed E-state index contributed by atoms with van der Waals surface area (Å²) in [6.07, 6.45) is 5.40. The van der Waals surface area contributed by atoms with Crippen molar-refractivity contribution in [2.24, 2.45) is 0 Å². The van der Waals surface area contributed by atoms with E-state index in [2.05, 4.69) is 17.2 Å². The number of aromatic carboxylic acids is 1. The molecule has 0 aromatic carbocycles. The molecular formula is C13H17N3O3. The predicted molar refractivity (Wildman–Crippen MR) is 68.9 cm³/mol. The lowest BCUT2D eigenvalue weighted by Crippen LogP contribution is -2.32. The maximum absolute atomic E-state index is 10.7. The van der Waals surface area contributed by atoms with Gasteiger partial charge in [0, 0.05) is 25.0 Å². The van der Waals surface area contributed by atoms with E-state index in [-0.39, 0.29) is 17.8 Å². The molecule has 0 aliphatic rings. The fourth-order valence-electron chi connectivity index (χ4n) is 1.97. The molecule has 19 heavy (non-hydrogen) atoms. The van der Waals surface area contributed by atoms with Gasteiger partial charge in [-0.3, -0.25) is 0 Å². The summed E-state index contributed by atoms with van der Waals surface area (Å²) in [5.41, 5.74) is 0. The van der Waals surface area contributed by atoms with Crippen molar-refractivity contribution in [3.63, 3.8) is 0 Å². The van der Waals surface area contributed by atoms with Crippen LogP contribution in [0.3, 0.4) is 0 Å². The van der Waals surface area contributed by atoms with Gasteiger partial charge in [-0.1, -0.05) is 0 Å². The first-order chi connectivity index (χ1) is 9.06. The Hall–Kier alpha value is -2.08. The minimum atomic E-state index is -1.05. The predicted octanol–water partition coefficient (Wildman–Crippen LogP) is 1.91. The van der Waals surface area contributed by atoms with E-state index >= 15 is 0 Å². The molecule has 0 fully saturated rings. The highest BCUT2D eigenvalue weighted by atomic mass is 16.4. The second-order valence-electron chi connectivity index (χ2n) is 4.56. The van der Waals surface area contributed by atoms with Crippen LogP contribution in [0.2, 0.25) is 0 Å². The van der Waals surface area contributed by atoms with Crippen molar-refractivity contribution in [2.45, 2.75) is 32.5 Å². The van der Waals surface area contributed by atoms with Gasteiger partial charge in [0.1, 0.15) is 5.76 Å². The van der Waals surface area contributed by atoms with Gasteiger partial charge in [-0.2, -0.15) is 0 Å². The Kier molecular flexibility index (Phi) is 4.01. The van der Waals surface area contributed by atoms with E-state index in [9.17, 15) is 4.79 Å². The fourth-order valence-corrected chi connectivity index (χ4v) is 1.97. The third-order valence-corrected chi connectivity index (χ3v) is 2.84. The van der Waals surface area contributed by atoms with Gasteiger partial charge in [-0.05, 0) is 26.0 Å². The summed E-state index contributed by atoms with van der Waals surface area (Å²) in [5, 5.41) is 12.2. The zero-order chi connectivity index (χ0) is 13.8. The molecule has 6 heteroatoms. The Bertz CT molecular complexity index is 533. The van der Waals surface area contributed by atoms with Gasteiger partial charge in [-0.15, -0.1) is 0 Å². The van der Waals surface area contributed by atoms with Crippen molar-refractivity contribution in [2.75, 3.05) is 0 Å². The lowest BCUT2D eigenvalue weighted by molar-refractivity contribution is 0.0659. The van der Waals surface area contributed by atoms with Crippen LogP contribution in [0.15, 0.2) is 35.3 Å². The number of carboxylic acids is 1. The second-order valence-corrected chi connectivity index (χ2v) is 4.56. The zero-order valence-electron chi connectivity index (χ0n) is 10.9. The largest absolute Gasteiger partial charge is 0.475 e. The molecule has 0 bridgehead atoms. The molecule has 2 heterocycles. The average molecular weight is 263 g/mol. The Morgan fingerprint density at radius 3 is 2.89 bits per heavy atom. The third-order valence-electron chi connectivity index (χ3n) is 2.84. The van der Waals surface area contributed by atoms with Crippen LogP contribution in [0, 0.1) is 0 Å². The number of aromatic nitrogens is 2. The molecular weight excluding hydrogens is 246 g/mol. The molecule has 2 atom stereocenters. The third kappa shape index (κ3) is 3.45. The number of hydrogen-bond donors (Lipinski definition) is 2. The zero-order valence-corrected chi connectivity index (χ0v) is 10.9. The smallest absolute Gasteiger partial charge is 0.371 e. The maximum Gasteiger partial charge on any atom is 0.371 e. The van der Waals surface area contributed by atoms with Gasteiger partial charge in [0.2, 0.25) is 5.76 Å². The van der Waals surface area contributed by atoms with Gasteiger partial charge < -0.3 is 19.4 Å². The number of rotatable bonds is 6. The molecule has 0 saturated carbocycles. The number of furan rings is 1. The first-order valence-electron chi connectivity index (χ1n) is 6.11. The van der Waals surface area contributed by atoms with Crippen molar-refractivity contribution >= 4 is 5.97 Å². The van der Waals surface area contributed by atoms with Gasteiger partial charge in [0.25, 0.3) is 0 Å². The lowest BCUT2D eigenvalue weighted by atomic mass is 10.2. The summed E-state index contributed by atoms with van der Waals surface area (Å²) >= 11 is 0.